The summed E-state index contributed by atoms with van der Waals surface area (Å²) in [6.07, 6.45) is 1.29. The monoisotopic (exact) mass is 242 g/mol. The Balaban J connectivity index is 2.23. The number of rotatable bonds is 2. The summed E-state index contributed by atoms with van der Waals surface area (Å²) >= 11 is 5.60. The third kappa shape index (κ3) is 1.79. The van der Waals surface area contributed by atoms with Crippen molar-refractivity contribution in [2.45, 2.75) is 5.67 Å². The number of halogens is 2. The lowest BCUT2D eigenvalue weighted by atomic mass is 9.97. The average molecular weight is 243 g/mol. The highest BCUT2D eigenvalue weighted by Crippen LogP contribution is 2.31. The number of nitrogens with zero attached hydrogens (tertiary/aromatic N) is 4. The summed E-state index contributed by atoms with van der Waals surface area (Å²) in [5.74, 6) is 0.309. The van der Waals surface area contributed by atoms with Crippen LogP contribution in [0.3, 0.4) is 0 Å². The Hall–Kier alpha value is -1.45. The lowest BCUT2D eigenvalue weighted by Crippen LogP contribution is -2.61. The van der Waals surface area contributed by atoms with Crippen molar-refractivity contribution in [2.24, 2.45) is 0 Å². The summed E-state index contributed by atoms with van der Waals surface area (Å²) in [4.78, 5) is 9.09. The van der Waals surface area contributed by atoms with E-state index in [1.807, 2.05) is 6.07 Å². The third-order valence-electron chi connectivity index (χ3n) is 2.39. The van der Waals surface area contributed by atoms with Crippen LogP contribution in [0.1, 0.15) is 5.56 Å². The van der Waals surface area contributed by atoms with Crippen LogP contribution in [-0.2, 0) is 0 Å². The van der Waals surface area contributed by atoms with Crippen LogP contribution in [0.15, 0.2) is 6.20 Å². The molecule has 7 heteroatoms. The predicted molar refractivity (Wildman–Crippen MR) is 54.9 cm³/mol. The van der Waals surface area contributed by atoms with Crippen LogP contribution in [0, 0.1) is 11.3 Å². The molecule has 0 amide bonds. The van der Waals surface area contributed by atoms with Crippen molar-refractivity contribution in [3.63, 3.8) is 0 Å². The maximum atomic E-state index is 13.5. The number of anilines is 1. The zero-order valence-electron chi connectivity index (χ0n) is 8.19. The molecule has 0 atom stereocenters. The van der Waals surface area contributed by atoms with E-state index in [4.69, 9.17) is 22.0 Å². The first-order chi connectivity index (χ1) is 7.58. The zero-order chi connectivity index (χ0) is 11.8. The lowest BCUT2D eigenvalue weighted by Gasteiger charge is -2.44. The Bertz CT molecular complexity index is 455. The fourth-order valence-electron chi connectivity index (χ4n) is 1.56. The minimum Gasteiger partial charge on any atom is -0.393 e. The molecule has 1 saturated heterocycles. The van der Waals surface area contributed by atoms with Gasteiger partial charge in [-0.3, -0.25) is 0 Å². The molecule has 0 saturated carbocycles. The molecule has 1 aromatic rings. The first kappa shape index (κ1) is 11.0. The van der Waals surface area contributed by atoms with Crippen molar-refractivity contribution in [3.05, 3.63) is 17.0 Å². The summed E-state index contributed by atoms with van der Waals surface area (Å²) in [7, 11) is 0. The molecule has 1 aromatic heterocycles. The van der Waals surface area contributed by atoms with Crippen LogP contribution in [0.25, 0.3) is 0 Å². The first-order valence-corrected chi connectivity index (χ1v) is 4.93. The highest BCUT2D eigenvalue weighted by molar-refractivity contribution is 6.28. The van der Waals surface area contributed by atoms with Crippen LogP contribution in [0.2, 0.25) is 5.28 Å². The van der Waals surface area contributed by atoms with Gasteiger partial charge < -0.3 is 10.0 Å². The van der Waals surface area contributed by atoms with Crippen LogP contribution in [-0.4, -0.2) is 40.4 Å². The first-order valence-electron chi connectivity index (χ1n) is 4.55. The fourth-order valence-corrected chi connectivity index (χ4v) is 1.69. The van der Waals surface area contributed by atoms with Gasteiger partial charge in [0.2, 0.25) is 5.28 Å². The smallest absolute Gasteiger partial charge is 0.224 e. The van der Waals surface area contributed by atoms with Crippen molar-refractivity contribution in [1.29, 1.82) is 5.26 Å². The Morgan fingerprint density at radius 2 is 2.38 bits per heavy atom. The summed E-state index contributed by atoms with van der Waals surface area (Å²) in [6, 6.07) is 1.91. The van der Waals surface area contributed by atoms with Gasteiger partial charge in [0.25, 0.3) is 0 Å². The van der Waals surface area contributed by atoms with E-state index in [0.29, 0.717) is 5.82 Å². The van der Waals surface area contributed by atoms with E-state index in [2.05, 4.69) is 9.97 Å². The molecule has 0 unspecified atom stereocenters. The number of alkyl halides is 1. The lowest BCUT2D eigenvalue weighted by molar-refractivity contribution is 0.0439. The fraction of sp³-hybridized carbons (Fsp3) is 0.444. The molecule has 2 heterocycles. The average Bonchev–Trinajstić information content (AvgIpc) is 2.24. The van der Waals surface area contributed by atoms with Gasteiger partial charge in [0.15, 0.2) is 11.5 Å². The maximum absolute atomic E-state index is 13.5. The largest absolute Gasteiger partial charge is 0.393 e. The molecule has 1 N–H and O–H groups in total. The van der Waals surface area contributed by atoms with E-state index in [-0.39, 0.29) is 23.9 Å². The van der Waals surface area contributed by atoms with Crippen LogP contribution in [0.5, 0.6) is 0 Å². The van der Waals surface area contributed by atoms with Crippen molar-refractivity contribution >= 4 is 17.4 Å². The van der Waals surface area contributed by atoms with Crippen LogP contribution < -0.4 is 4.90 Å². The molecular weight excluding hydrogens is 235 g/mol. The third-order valence-corrected chi connectivity index (χ3v) is 2.57. The molecule has 1 aliphatic rings. The molecule has 0 radical (unpaired) electrons. The van der Waals surface area contributed by atoms with Crippen molar-refractivity contribution in [1.82, 2.24) is 9.97 Å². The Labute approximate surface area is 96.1 Å². The second-order valence-electron chi connectivity index (χ2n) is 3.65. The van der Waals surface area contributed by atoms with Gasteiger partial charge >= 0.3 is 0 Å². The van der Waals surface area contributed by atoms with Gasteiger partial charge in [-0.2, -0.15) is 10.2 Å². The van der Waals surface area contributed by atoms with Gasteiger partial charge in [0.05, 0.1) is 25.9 Å². The number of nitriles is 1. The Kier molecular flexibility index (Phi) is 2.66. The summed E-state index contributed by atoms with van der Waals surface area (Å²) in [5, 5.41) is 17.6. The van der Waals surface area contributed by atoms with Crippen LogP contribution >= 0.6 is 11.6 Å². The second kappa shape index (κ2) is 3.85. The predicted octanol–water partition coefficient (Wildman–Crippen LogP) is 0.522. The molecule has 84 valence electrons. The van der Waals surface area contributed by atoms with Crippen molar-refractivity contribution in [3.8, 4) is 6.07 Å². The number of aliphatic hydroxyl groups is 1. The molecule has 16 heavy (non-hydrogen) atoms. The highest BCUT2D eigenvalue weighted by atomic mass is 35.5. The minimum absolute atomic E-state index is 0.00548. The van der Waals surface area contributed by atoms with Gasteiger partial charge in [-0.15, -0.1) is 0 Å². The highest BCUT2D eigenvalue weighted by Gasteiger charge is 2.44. The second-order valence-corrected chi connectivity index (χ2v) is 3.99. The van der Waals surface area contributed by atoms with Gasteiger partial charge in [-0.05, 0) is 11.6 Å². The molecule has 0 aliphatic carbocycles. The molecule has 0 aromatic carbocycles. The van der Waals surface area contributed by atoms with E-state index in [1.54, 1.807) is 4.90 Å². The summed E-state index contributed by atoms with van der Waals surface area (Å²) in [5.41, 5.74) is -1.37. The molecule has 2 rings (SSSR count). The standard InChI is InChI=1S/C9H8ClFN4O/c10-8-13-2-6(1-12)7(14-8)15-3-9(11,4-15)5-16/h2,16H,3-5H2. The minimum atomic E-state index is -1.61. The normalized spacial score (nSPS) is 17.8. The van der Waals surface area contributed by atoms with Gasteiger partial charge in [-0.1, -0.05) is 0 Å². The number of aromatic nitrogens is 2. The van der Waals surface area contributed by atoms with E-state index >= 15 is 0 Å². The molecule has 1 aliphatic heterocycles. The van der Waals surface area contributed by atoms with E-state index in [1.165, 1.54) is 6.20 Å². The summed E-state index contributed by atoms with van der Waals surface area (Å²) < 4.78 is 13.5. The van der Waals surface area contributed by atoms with Crippen LogP contribution in [0.4, 0.5) is 10.2 Å². The number of hydrogen-bond acceptors (Lipinski definition) is 5. The molecule has 5 nitrogen and oxygen atoms in total. The Morgan fingerprint density at radius 1 is 1.69 bits per heavy atom. The number of aliphatic hydroxyl groups excluding tert-OH is 1. The quantitative estimate of drug-likeness (QED) is 0.766. The van der Waals surface area contributed by atoms with Gasteiger partial charge in [0, 0.05) is 0 Å². The topological polar surface area (TPSA) is 73.0 Å². The molecule has 1 fully saturated rings. The Morgan fingerprint density at radius 3 is 2.94 bits per heavy atom. The van der Waals surface area contributed by atoms with E-state index in [9.17, 15) is 4.39 Å². The maximum Gasteiger partial charge on any atom is 0.224 e. The van der Waals surface area contributed by atoms with Crippen molar-refractivity contribution in [2.75, 3.05) is 24.6 Å². The summed E-state index contributed by atoms with van der Waals surface area (Å²) in [6.45, 7) is -0.527. The SMILES string of the molecule is N#Cc1cnc(Cl)nc1N1CC(F)(CO)C1. The van der Waals surface area contributed by atoms with Gasteiger partial charge in [0.1, 0.15) is 11.6 Å². The van der Waals surface area contributed by atoms with Crippen molar-refractivity contribution < 1.29 is 9.50 Å². The van der Waals surface area contributed by atoms with Gasteiger partial charge in [-0.25, -0.2) is 9.37 Å². The molecule has 0 spiro atoms. The van der Waals surface area contributed by atoms with E-state index < -0.39 is 12.3 Å². The molecule has 0 bridgehead atoms. The number of hydrogen-bond donors (Lipinski definition) is 1. The van der Waals surface area contributed by atoms with E-state index in [0.717, 1.165) is 0 Å². The molecular formula is C9H8ClFN4O. The zero-order valence-corrected chi connectivity index (χ0v) is 8.95.